The number of nitrogens with zero attached hydrogens (tertiary/aromatic N) is 2. The number of hydrogen-bond acceptors (Lipinski definition) is 4. The predicted molar refractivity (Wildman–Crippen MR) is 93.0 cm³/mol. The molecule has 1 heterocycles. The lowest BCUT2D eigenvalue weighted by Gasteiger charge is -2.21. The summed E-state index contributed by atoms with van der Waals surface area (Å²) in [6.07, 6.45) is 2.20. The van der Waals surface area contributed by atoms with E-state index in [1.165, 1.54) is 4.90 Å². The summed E-state index contributed by atoms with van der Waals surface area (Å²) in [6, 6.07) is 5.46. The Bertz CT molecular complexity index is 567. The van der Waals surface area contributed by atoms with E-state index < -0.39 is 0 Å². The van der Waals surface area contributed by atoms with E-state index in [4.69, 9.17) is 0 Å². The summed E-state index contributed by atoms with van der Waals surface area (Å²) in [7, 11) is 0. The molecule has 0 aliphatic carbocycles. The second-order valence-electron chi connectivity index (χ2n) is 5.83. The zero-order valence-electron chi connectivity index (χ0n) is 14.4. The molecule has 0 aromatic heterocycles. The summed E-state index contributed by atoms with van der Waals surface area (Å²) in [4.78, 5) is 28.6. The Labute approximate surface area is 138 Å². The Morgan fingerprint density at radius 2 is 1.74 bits per heavy atom. The maximum Gasteiger partial charge on any atom is 0.261 e. The van der Waals surface area contributed by atoms with Crippen molar-refractivity contribution in [3.8, 4) is 0 Å². The molecule has 0 saturated carbocycles. The summed E-state index contributed by atoms with van der Waals surface area (Å²) < 4.78 is 0. The second kappa shape index (κ2) is 8.11. The van der Waals surface area contributed by atoms with E-state index in [0.717, 1.165) is 44.7 Å². The topological polar surface area (TPSA) is 52.7 Å². The smallest absolute Gasteiger partial charge is 0.261 e. The molecular formula is C18H27N3O2. The van der Waals surface area contributed by atoms with Gasteiger partial charge in [-0.15, -0.1) is 0 Å². The quantitative estimate of drug-likeness (QED) is 0.562. The number of rotatable bonds is 9. The highest BCUT2D eigenvalue weighted by Crippen LogP contribution is 2.25. The Morgan fingerprint density at radius 1 is 1.04 bits per heavy atom. The van der Waals surface area contributed by atoms with Gasteiger partial charge < -0.3 is 10.2 Å². The van der Waals surface area contributed by atoms with Crippen molar-refractivity contribution < 1.29 is 9.59 Å². The van der Waals surface area contributed by atoms with Gasteiger partial charge in [0.2, 0.25) is 0 Å². The van der Waals surface area contributed by atoms with Crippen LogP contribution >= 0.6 is 0 Å². The van der Waals surface area contributed by atoms with Gasteiger partial charge in [-0.2, -0.15) is 0 Å². The summed E-state index contributed by atoms with van der Waals surface area (Å²) >= 11 is 0. The highest BCUT2D eigenvalue weighted by Gasteiger charge is 2.35. The standard InChI is InChI=1S/C18H27N3O2/c1-4-7-10-19-14-8-9-15-16(13-14)18(23)21(17(15)22)12-11-20(5-2)6-3/h8-9,13,19H,4-7,10-12H2,1-3H3. The lowest BCUT2D eigenvalue weighted by Crippen LogP contribution is -2.38. The van der Waals surface area contributed by atoms with Gasteiger partial charge in [0.15, 0.2) is 0 Å². The molecule has 5 heteroatoms. The van der Waals surface area contributed by atoms with Crippen LogP contribution in [0.5, 0.6) is 0 Å². The lowest BCUT2D eigenvalue weighted by molar-refractivity contribution is 0.0638. The minimum absolute atomic E-state index is 0.169. The number of carbonyl (C=O) groups excluding carboxylic acids is 2. The molecular weight excluding hydrogens is 290 g/mol. The summed E-state index contributed by atoms with van der Waals surface area (Å²) in [6.45, 7) is 10.2. The van der Waals surface area contributed by atoms with E-state index >= 15 is 0 Å². The molecule has 2 amide bonds. The van der Waals surface area contributed by atoms with Crippen molar-refractivity contribution in [2.45, 2.75) is 33.6 Å². The first-order chi connectivity index (χ1) is 11.1. The molecule has 1 aliphatic rings. The monoisotopic (exact) mass is 317 g/mol. The van der Waals surface area contributed by atoms with E-state index in [2.05, 4.69) is 31.0 Å². The molecule has 0 fully saturated rings. The van der Waals surface area contributed by atoms with Gasteiger partial charge in [0, 0.05) is 25.3 Å². The number of anilines is 1. The highest BCUT2D eigenvalue weighted by atomic mass is 16.2. The van der Waals surface area contributed by atoms with Gasteiger partial charge in [0.05, 0.1) is 11.1 Å². The van der Waals surface area contributed by atoms with Gasteiger partial charge in [-0.25, -0.2) is 0 Å². The van der Waals surface area contributed by atoms with Gasteiger partial charge >= 0.3 is 0 Å². The van der Waals surface area contributed by atoms with Gasteiger partial charge in [-0.1, -0.05) is 27.2 Å². The molecule has 1 N–H and O–H groups in total. The second-order valence-corrected chi connectivity index (χ2v) is 5.83. The zero-order chi connectivity index (χ0) is 16.8. The molecule has 1 aromatic carbocycles. The Hall–Kier alpha value is -1.88. The molecule has 0 bridgehead atoms. The van der Waals surface area contributed by atoms with Crippen LogP contribution < -0.4 is 5.32 Å². The van der Waals surface area contributed by atoms with E-state index in [1.807, 2.05) is 12.1 Å². The molecule has 0 atom stereocenters. The number of fused-ring (bicyclic) bond motifs is 1. The van der Waals surface area contributed by atoms with Crippen LogP contribution in [0, 0.1) is 0 Å². The largest absolute Gasteiger partial charge is 0.385 e. The van der Waals surface area contributed by atoms with Crippen LogP contribution in [0.25, 0.3) is 0 Å². The van der Waals surface area contributed by atoms with Crippen LogP contribution in [0.2, 0.25) is 0 Å². The van der Waals surface area contributed by atoms with Crippen LogP contribution in [-0.2, 0) is 0 Å². The Kier molecular flexibility index (Phi) is 6.16. The zero-order valence-corrected chi connectivity index (χ0v) is 14.4. The molecule has 1 aliphatic heterocycles. The molecule has 5 nitrogen and oxygen atoms in total. The highest BCUT2D eigenvalue weighted by molar-refractivity contribution is 6.21. The lowest BCUT2D eigenvalue weighted by atomic mass is 10.1. The fraction of sp³-hybridized carbons (Fsp3) is 0.556. The maximum atomic E-state index is 12.5. The molecule has 126 valence electrons. The average Bonchev–Trinajstić information content (AvgIpc) is 2.80. The van der Waals surface area contributed by atoms with Crippen molar-refractivity contribution in [3.05, 3.63) is 29.3 Å². The number of likely N-dealkylation sites (N-methyl/N-ethyl adjacent to an activating group) is 1. The number of nitrogens with one attached hydrogen (secondary N) is 1. The fourth-order valence-corrected chi connectivity index (χ4v) is 2.79. The van der Waals surface area contributed by atoms with Crippen molar-refractivity contribution >= 4 is 17.5 Å². The van der Waals surface area contributed by atoms with Crippen LogP contribution in [-0.4, -0.2) is 54.3 Å². The SMILES string of the molecule is CCCCNc1ccc2c(c1)C(=O)N(CCN(CC)CC)C2=O. The van der Waals surface area contributed by atoms with E-state index in [0.29, 0.717) is 17.7 Å². The molecule has 1 aromatic rings. The van der Waals surface area contributed by atoms with Gasteiger partial charge in [-0.05, 0) is 37.7 Å². The molecule has 2 rings (SSSR count). The van der Waals surface area contributed by atoms with Crippen LogP contribution in [0.15, 0.2) is 18.2 Å². The van der Waals surface area contributed by atoms with Gasteiger partial charge in [0.25, 0.3) is 11.8 Å². The Morgan fingerprint density at radius 3 is 2.39 bits per heavy atom. The molecule has 0 saturated heterocycles. The first-order valence-electron chi connectivity index (χ1n) is 8.58. The first kappa shape index (κ1) is 17.5. The van der Waals surface area contributed by atoms with Crippen LogP contribution in [0.4, 0.5) is 5.69 Å². The third-order valence-electron chi connectivity index (χ3n) is 4.36. The van der Waals surface area contributed by atoms with Crippen molar-refractivity contribution in [1.82, 2.24) is 9.80 Å². The molecule has 0 radical (unpaired) electrons. The first-order valence-corrected chi connectivity index (χ1v) is 8.58. The normalized spacial score (nSPS) is 13.8. The van der Waals surface area contributed by atoms with Crippen molar-refractivity contribution in [2.75, 3.05) is 38.0 Å². The van der Waals surface area contributed by atoms with Gasteiger partial charge in [-0.3, -0.25) is 14.5 Å². The number of carbonyl (C=O) groups is 2. The number of hydrogen-bond donors (Lipinski definition) is 1. The van der Waals surface area contributed by atoms with Crippen LogP contribution in [0.1, 0.15) is 54.3 Å². The van der Waals surface area contributed by atoms with Crippen LogP contribution in [0.3, 0.4) is 0 Å². The number of unbranched alkanes of at least 4 members (excludes halogenated alkanes) is 1. The number of benzene rings is 1. The predicted octanol–water partition coefficient (Wildman–Crippen LogP) is 2.84. The fourth-order valence-electron chi connectivity index (χ4n) is 2.79. The number of imide groups is 1. The third kappa shape index (κ3) is 3.91. The van der Waals surface area contributed by atoms with E-state index in [1.54, 1.807) is 6.07 Å². The third-order valence-corrected chi connectivity index (χ3v) is 4.36. The molecule has 23 heavy (non-hydrogen) atoms. The molecule has 0 spiro atoms. The summed E-state index contributed by atoms with van der Waals surface area (Å²) in [5.74, 6) is -0.339. The van der Waals surface area contributed by atoms with Crippen molar-refractivity contribution in [3.63, 3.8) is 0 Å². The Balaban J connectivity index is 2.07. The summed E-state index contributed by atoms with van der Waals surface area (Å²) in [5, 5.41) is 3.30. The van der Waals surface area contributed by atoms with E-state index in [9.17, 15) is 9.59 Å². The number of amides is 2. The maximum absolute atomic E-state index is 12.5. The molecule has 0 unspecified atom stereocenters. The van der Waals surface area contributed by atoms with Crippen molar-refractivity contribution in [2.24, 2.45) is 0 Å². The van der Waals surface area contributed by atoms with Crippen molar-refractivity contribution in [1.29, 1.82) is 0 Å². The average molecular weight is 317 g/mol. The van der Waals surface area contributed by atoms with Gasteiger partial charge in [0.1, 0.15) is 0 Å². The summed E-state index contributed by atoms with van der Waals surface area (Å²) in [5.41, 5.74) is 1.95. The van der Waals surface area contributed by atoms with E-state index in [-0.39, 0.29) is 11.8 Å². The minimum Gasteiger partial charge on any atom is -0.385 e. The minimum atomic E-state index is -0.170.